The van der Waals surface area contributed by atoms with E-state index < -0.39 is 46.9 Å². The molecule has 5 rings (SSSR count). The molecule has 1 amide bonds. The van der Waals surface area contributed by atoms with Crippen LogP contribution in [0.15, 0.2) is 79.1 Å². The van der Waals surface area contributed by atoms with Crippen LogP contribution in [0.2, 0.25) is 10.0 Å². The number of hydrogen-bond acceptors (Lipinski definition) is 6. The molecule has 1 aliphatic heterocycles. The van der Waals surface area contributed by atoms with E-state index in [1.54, 1.807) is 30.6 Å². The summed E-state index contributed by atoms with van der Waals surface area (Å²) in [4.78, 5) is 30.2. The van der Waals surface area contributed by atoms with Crippen LogP contribution in [0.1, 0.15) is 60.2 Å². The van der Waals surface area contributed by atoms with Gasteiger partial charge < -0.3 is 25.8 Å². The third-order valence-corrected chi connectivity index (χ3v) is 9.47. The Hall–Kier alpha value is -4.09. The van der Waals surface area contributed by atoms with Gasteiger partial charge in [0.25, 0.3) is 0 Å². The number of rotatable bonds is 11. The van der Waals surface area contributed by atoms with Crippen LogP contribution in [0.5, 0.6) is 5.75 Å². The number of nitrogens with zero attached hydrogens (tertiary/aromatic N) is 1. The van der Waals surface area contributed by atoms with E-state index in [1.807, 2.05) is 32.9 Å². The minimum Gasteiger partial charge on any atom is -0.495 e. The van der Waals surface area contributed by atoms with Gasteiger partial charge in [-0.25, -0.2) is 13.6 Å². The maximum Gasteiger partial charge on any atom is 0.335 e. The second-order valence-corrected chi connectivity index (χ2v) is 14.3. The van der Waals surface area contributed by atoms with E-state index in [0.717, 1.165) is 5.56 Å². The quantitative estimate of drug-likeness (QED) is 0.127. The number of ether oxygens (including phenoxy) is 1. The number of carbonyl (C=O) groups is 2. The number of aromatic nitrogens is 1. The van der Waals surface area contributed by atoms with Gasteiger partial charge in [0, 0.05) is 47.9 Å². The maximum absolute atomic E-state index is 16.4. The van der Waals surface area contributed by atoms with Crippen molar-refractivity contribution in [3.05, 3.63) is 123 Å². The van der Waals surface area contributed by atoms with E-state index >= 15 is 8.78 Å². The number of anilines is 1. The van der Waals surface area contributed by atoms with Crippen LogP contribution < -0.4 is 20.7 Å². The first kappa shape index (κ1) is 36.2. The average Bonchev–Trinajstić information content (AvgIpc) is 3.36. The highest BCUT2D eigenvalue weighted by atomic mass is 35.5. The fourth-order valence-corrected chi connectivity index (χ4v) is 7.22. The molecule has 4 atom stereocenters. The molecular weight excluding hydrogens is 673 g/mol. The Labute approximate surface area is 294 Å². The Kier molecular flexibility index (Phi) is 10.9. The summed E-state index contributed by atoms with van der Waals surface area (Å²) in [5.41, 5.74) is -0.205. The van der Waals surface area contributed by atoms with Crippen molar-refractivity contribution in [2.45, 2.75) is 57.2 Å². The number of carbonyl (C=O) groups excluding carboxylic acids is 1. The number of carboxylic acids is 1. The molecule has 49 heavy (non-hydrogen) atoms. The highest BCUT2D eigenvalue weighted by Gasteiger charge is 2.60. The molecule has 8 nitrogen and oxygen atoms in total. The monoisotopic (exact) mass is 710 g/mol. The van der Waals surface area contributed by atoms with Crippen LogP contribution >= 0.6 is 23.2 Å². The van der Waals surface area contributed by atoms with E-state index in [1.165, 1.54) is 43.5 Å². The van der Waals surface area contributed by atoms with Crippen molar-refractivity contribution in [1.82, 2.24) is 15.6 Å². The number of carboxylic acid groups (broad SMARTS) is 1. The molecular formula is C37H38Cl2F2N4O4. The number of halogens is 4. The zero-order chi connectivity index (χ0) is 35.5. The molecule has 3 aromatic carbocycles. The van der Waals surface area contributed by atoms with Gasteiger partial charge in [-0.1, -0.05) is 56.1 Å². The molecule has 2 heterocycles. The first-order valence-corrected chi connectivity index (χ1v) is 16.5. The Morgan fingerprint density at radius 3 is 2.45 bits per heavy atom. The summed E-state index contributed by atoms with van der Waals surface area (Å²) in [7, 11) is 1.36. The van der Waals surface area contributed by atoms with Crippen molar-refractivity contribution < 1.29 is 28.2 Å². The highest BCUT2D eigenvalue weighted by Crippen LogP contribution is 2.53. The predicted molar refractivity (Wildman–Crippen MR) is 187 cm³/mol. The normalized spacial score (nSPS) is 20.6. The molecule has 12 heteroatoms. The zero-order valence-electron chi connectivity index (χ0n) is 27.5. The van der Waals surface area contributed by atoms with Crippen molar-refractivity contribution in [2.24, 2.45) is 5.41 Å². The second kappa shape index (κ2) is 14.8. The summed E-state index contributed by atoms with van der Waals surface area (Å²) in [5.74, 6) is -3.93. The molecule has 4 aromatic rings. The Morgan fingerprint density at radius 2 is 1.78 bits per heavy atom. The molecule has 1 aliphatic rings. The molecule has 1 aromatic heterocycles. The summed E-state index contributed by atoms with van der Waals surface area (Å²) in [6, 6.07) is 14.9. The first-order valence-electron chi connectivity index (χ1n) is 15.7. The van der Waals surface area contributed by atoms with Crippen LogP contribution in [0, 0.1) is 17.0 Å². The number of aromatic carboxylic acids is 1. The van der Waals surface area contributed by atoms with E-state index in [0.29, 0.717) is 13.0 Å². The number of hydrogen-bond donors (Lipinski definition) is 4. The minimum absolute atomic E-state index is 0.0336. The molecule has 0 saturated carbocycles. The molecule has 0 unspecified atom stereocenters. The van der Waals surface area contributed by atoms with Crippen molar-refractivity contribution in [1.29, 1.82) is 0 Å². The van der Waals surface area contributed by atoms with Gasteiger partial charge in [0.15, 0.2) is 0 Å². The lowest BCUT2D eigenvalue weighted by Crippen LogP contribution is -2.51. The van der Waals surface area contributed by atoms with Gasteiger partial charge in [-0.15, -0.1) is 0 Å². The lowest BCUT2D eigenvalue weighted by atomic mass is 9.61. The number of benzene rings is 3. The SMILES string of the molecule is COc1cc(C(=O)O)ccc1NC(=O)[C@@H]1N[C@@H](CC(C)(C)C)[C@](CNCc2ccncc2)(c2cc(Cl)ccc2F)[C@H]1c1cccc(Cl)c1F. The number of amides is 1. The minimum atomic E-state index is -1.31. The Morgan fingerprint density at radius 1 is 1.04 bits per heavy atom. The second-order valence-electron chi connectivity index (χ2n) is 13.4. The number of methoxy groups -OCH3 is 1. The molecule has 0 spiro atoms. The fourth-order valence-electron chi connectivity index (χ4n) is 6.86. The van der Waals surface area contributed by atoms with Crippen LogP contribution in [-0.4, -0.2) is 47.7 Å². The molecule has 0 radical (unpaired) electrons. The van der Waals surface area contributed by atoms with Crippen molar-refractivity contribution in [3.8, 4) is 5.75 Å². The summed E-state index contributed by atoms with van der Waals surface area (Å²) >= 11 is 12.9. The van der Waals surface area contributed by atoms with E-state index in [-0.39, 0.29) is 50.1 Å². The number of nitrogens with one attached hydrogen (secondary N) is 3. The van der Waals surface area contributed by atoms with Gasteiger partial charge in [0.1, 0.15) is 17.4 Å². The molecule has 1 fully saturated rings. The summed E-state index contributed by atoms with van der Waals surface area (Å²) < 4.78 is 38.1. The molecule has 0 aliphatic carbocycles. The lowest BCUT2D eigenvalue weighted by molar-refractivity contribution is -0.118. The highest BCUT2D eigenvalue weighted by molar-refractivity contribution is 6.31. The largest absolute Gasteiger partial charge is 0.495 e. The van der Waals surface area contributed by atoms with Crippen molar-refractivity contribution in [2.75, 3.05) is 19.0 Å². The summed E-state index contributed by atoms with van der Waals surface area (Å²) in [5, 5.41) is 19.5. The number of pyridine rings is 1. The molecule has 258 valence electrons. The van der Waals surface area contributed by atoms with Gasteiger partial charge in [-0.05, 0) is 83.1 Å². The van der Waals surface area contributed by atoms with Gasteiger partial charge in [0.05, 0.1) is 29.4 Å². The van der Waals surface area contributed by atoms with Crippen molar-refractivity contribution >= 4 is 40.8 Å². The smallest absolute Gasteiger partial charge is 0.335 e. The van der Waals surface area contributed by atoms with Crippen LogP contribution in [0.3, 0.4) is 0 Å². The topological polar surface area (TPSA) is 113 Å². The lowest BCUT2D eigenvalue weighted by Gasteiger charge is -2.43. The maximum atomic E-state index is 16.4. The Bertz CT molecular complexity index is 1840. The third kappa shape index (κ3) is 7.73. The molecule has 1 saturated heterocycles. The van der Waals surface area contributed by atoms with Crippen LogP contribution in [0.25, 0.3) is 0 Å². The summed E-state index contributed by atoms with van der Waals surface area (Å²) in [6.07, 6.45) is 3.80. The fraction of sp³-hybridized carbons (Fsp3) is 0.324. The third-order valence-electron chi connectivity index (χ3n) is 8.94. The molecule has 0 bridgehead atoms. The summed E-state index contributed by atoms with van der Waals surface area (Å²) in [6.45, 7) is 6.60. The van der Waals surface area contributed by atoms with Gasteiger partial charge in [-0.2, -0.15) is 0 Å². The Balaban J connectivity index is 1.72. The standard InChI is InChI=1S/C37H38Cl2F2N4O4/c1-36(2,3)18-30-37(25-17-23(38)9-10-27(25)40,20-43-19-21-12-14-42-15-13-21)31(24-6-5-7-26(39)32(24)41)33(45-30)34(46)44-28-11-8-22(35(47)48)16-29(28)49-4/h5-17,30-31,33,43,45H,18-20H2,1-4H3,(H,44,46)(H,47,48)/t30-,31-,33+,37-/m0/s1. The van der Waals surface area contributed by atoms with Gasteiger partial charge in [0.2, 0.25) is 5.91 Å². The van der Waals surface area contributed by atoms with Gasteiger partial charge in [-0.3, -0.25) is 9.78 Å². The van der Waals surface area contributed by atoms with E-state index in [9.17, 15) is 14.7 Å². The predicted octanol–water partition coefficient (Wildman–Crippen LogP) is 7.60. The van der Waals surface area contributed by atoms with Crippen molar-refractivity contribution in [3.63, 3.8) is 0 Å². The van der Waals surface area contributed by atoms with E-state index in [4.69, 9.17) is 27.9 Å². The van der Waals surface area contributed by atoms with Crippen LogP contribution in [0.4, 0.5) is 14.5 Å². The van der Waals surface area contributed by atoms with E-state index in [2.05, 4.69) is 20.9 Å². The molecule has 4 N–H and O–H groups in total. The zero-order valence-corrected chi connectivity index (χ0v) is 29.0. The van der Waals surface area contributed by atoms with Crippen LogP contribution in [-0.2, 0) is 16.8 Å². The average molecular weight is 712 g/mol. The van der Waals surface area contributed by atoms with Gasteiger partial charge >= 0.3 is 5.97 Å². The first-order chi connectivity index (χ1) is 23.2.